The Morgan fingerprint density at radius 1 is 1.06 bits per heavy atom. The number of nitrogens with one attached hydrogen (secondary N) is 1. The predicted octanol–water partition coefficient (Wildman–Crippen LogP) is 3.21. The summed E-state index contributed by atoms with van der Waals surface area (Å²) in [5.41, 5.74) is 0.119. The lowest BCUT2D eigenvalue weighted by molar-refractivity contribution is -0.138. The Balaban J connectivity index is 1.15. The number of hydrogen-bond donors (Lipinski definition) is 1. The number of piperazine rings is 1. The number of halogens is 1. The Kier molecular flexibility index (Phi) is 6.35. The highest BCUT2D eigenvalue weighted by molar-refractivity contribution is 6.30. The van der Waals surface area contributed by atoms with Gasteiger partial charge in [-0.15, -0.1) is 0 Å². The summed E-state index contributed by atoms with van der Waals surface area (Å²) in [6.07, 6.45) is 3.05. The monoisotopic (exact) mass is 486 g/mol. The molecule has 182 valence electrons. The molecular formula is C24H31ClN6O3. The van der Waals surface area contributed by atoms with Crippen LogP contribution in [0.3, 0.4) is 0 Å². The van der Waals surface area contributed by atoms with Gasteiger partial charge < -0.3 is 9.84 Å². The first-order chi connectivity index (χ1) is 16.4. The molecule has 2 saturated heterocycles. The molecule has 2 atom stereocenters. The van der Waals surface area contributed by atoms with Gasteiger partial charge in [-0.05, 0) is 48.9 Å². The summed E-state index contributed by atoms with van der Waals surface area (Å²) >= 11 is 5.95. The van der Waals surface area contributed by atoms with Gasteiger partial charge in [0.15, 0.2) is 0 Å². The maximum absolute atomic E-state index is 13.4. The van der Waals surface area contributed by atoms with Gasteiger partial charge in [0.1, 0.15) is 5.54 Å². The van der Waals surface area contributed by atoms with Gasteiger partial charge in [0.2, 0.25) is 11.7 Å². The van der Waals surface area contributed by atoms with Crippen molar-refractivity contribution in [2.24, 2.45) is 11.8 Å². The molecule has 2 aromatic rings. The number of benzene rings is 1. The van der Waals surface area contributed by atoms with E-state index in [0.29, 0.717) is 30.0 Å². The van der Waals surface area contributed by atoms with Crippen LogP contribution < -0.4 is 5.32 Å². The minimum atomic E-state index is -0.739. The van der Waals surface area contributed by atoms with Crippen molar-refractivity contribution in [2.45, 2.75) is 45.2 Å². The van der Waals surface area contributed by atoms with E-state index < -0.39 is 5.54 Å². The van der Waals surface area contributed by atoms with E-state index in [1.165, 1.54) is 4.90 Å². The van der Waals surface area contributed by atoms with Gasteiger partial charge in [-0.1, -0.05) is 37.0 Å². The van der Waals surface area contributed by atoms with Crippen LogP contribution in [-0.4, -0.2) is 75.2 Å². The summed E-state index contributed by atoms with van der Waals surface area (Å²) in [6, 6.07) is 7.08. The SMILES string of the molecule is CC1CCCC(C)C12NC(=O)N(CN1CCN(Cc3nc(-c4ccc(Cl)cc4)no3)CC1)C2=O. The fraction of sp³-hybridized carbons (Fsp3) is 0.583. The largest absolute Gasteiger partial charge is 0.338 e. The summed E-state index contributed by atoms with van der Waals surface area (Å²) in [5, 5.41) is 7.83. The van der Waals surface area contributed by atoms with E-state index in [-0.39, 0.29) is 23.8 Å². The fourth-order valence-corrected chi connectivity index (χ4v) is 5.72. The Morgan fingerprint density at radius 3 is 2.38 bits per heavy atom. The van der Waals surface area contributed by atoms with Crippen molar-refractivity contribution in [2.75, 3.05) is 32.8 Å². The topological polar surface area (TPSA) is 94.8 Å². The molecule has 3 heterocycles. The normalized spacial score (nSPS) is 28.6. The van der Waals surface area contributed by atoms with Crippen LogP contribution in [0.4, 0.5) is 4.79 Å². The minimum Gasteiger partial charge on any atom is -0.338 e. The van der Waals surface area contributed by atoms with Crippen LogP contribution in [0.1, 0.15) is 39.0 Å². The molecule has 5 rings (SSSR count). The summed E-state index contributed by atoms with van der Waals surface area (Å²) in [4.78, 5) is 36.5. The fourth-order valence-electron chi connectivity index (χ4n) is 5.60. The molecule has 1 aliphatic carbocycles. The third-order valence-electron chi connectivity index (χ3n) is 7.72. The second kappa shape index (κ2) is 9.28. The number of nitrogens with zero attached hydrogens (tertiary/aromatic N) is 5. The van der Waals surface area contributed by atoms with E-state index in [1.54, 1.807) is 12.1 Å². The first-order valence-corrected chi connectivity index (χ1v) is 12.4. The maximum atomic E-state index is 13.4. The van der Waals surface area contributed by atoms with Crippen molar-refractivity contribution in [1.82, 2.24) is 30.2 Å². The third kappa shape index (κ3) is 4.21. The van der Waals surface area contributed by atoms with Crippen LogP contribution in [0.15, 0.2) is 28.8 Å². The van der Waals surface area contributed by atoms with Gasteiger partial charge in [0, 0.05) is 36.8 Å². The zero-order valence-electron chi connectivity index (χ0n) is 19.7. The average molecular weight is 487 g/mol. The molecule has 0 radical (unpaired) electrons. The van der Waals surface area contributed by atoms with Crippen molar-refractivity contribution in [3.8, 4) is 11.4 Å². The van der Waals surface area contributed by atoms with Crippen LogP contribution in [-0.2, 0) is 11.3 Å². The number of amides is 3. The zero-order chi connectivity index (χ0) is 23.9. The quantitative estimate of drug-likeness (QED) is 0.648. The molecule has 1 saturated carbocycles. The number of rotatable bonds is 5. The highest BCUT2D eigenvalue weighted by Crippen LogP contribution is 2.42. The zero-order valence-corrected chi connectivity index (χ0v) is 20.4. The first kappa shape index (κ1) is 23.3. The molecule has 2 unspecified atom stereocenters. The van der Waals surface area contributed by atoms with Crippen LogP contribution in [0.5, 0.6) is 0 Å². The molecule has 3 aliphatic rings. The van der Waals surface area contributed by atoms with Gasteiger partial charge in [-0.2, -0.15) is 4.98 Å². The van der Waals surface area contributed by atoms with Crippen LogP contribution in [0, 0.1) is 11.8 Å². The molecule has 0 bridgehead atoms. The highest BCUT2D eigenvalue weighted by atomic mass is 35.5. The van der Waals surface area contributed by atoms with E-state index in [2.05, 4.69) is 39.1 Å². The van der Waals surface area contributed by atoms with Gasteiger partial charge in [0.05, 0.1) is 13.2 Å². The molecule has 1 aromatic carbocycles. The Hall–Kier alpha value is -2.49. The second-order valence-corrected chi connectivity index (χ2v) is 10.3. The van der Waals surface area contributed by atoms with Crippen molar-refractivity contribution in [3.63, 3.8) is 0 Å². The van der Waals surface area contributed by atoms with E-state index in [1.807, 2.05) is 12.1 Å². The third-order valence-corrected chi connectivity index (χ3v) is 7.97. The van der Waals surface area contributed by atoms with Crippen LogP contribution in [0.2, 0.25) is 5.02 Å². The molecule has 3 amide bonds. The molecule has 1 aromatic heterocycles. The van der Waals surface area contributed by atoms with E-state index in [0.717, 1.165) is 51.0 Å². The second-order valence-electron chi connectivity index (χ2n) is 9.82. The minimum absolute atomic E-state index is 0.0554. The molecule has 1 spiro atoms. The lowest BCUT2D eigenvalue weighted by Gasteiger charge is -2.42. The smallest absolute Gasteiger partial charge is 0.326 e. The number of hydrogen-bond acceptors (Lipinski definition) is 7. The van der Waals surface area contributed by atoms with E-state index >= 15 is 0 Å². The van der Waals surface area contributed by atoms with Crippen molar-refractivity contribution in [1.29, 1.82) is 0 Å². The maximum Gasteiger partial charge on any atom is 0.326 e. The highest BCUT2D eigenvalue weighted by Gasteiger charge is 2.58. The molecule has 10 heteroatoms. The van der Waals surface area contributed by atoms with Gasteiger partial charge in [-0.3, -0.25) is 14.6 Å². The Bertz CT molecular complexity index is 1040. The van der Waals surface area contributed by atoms with Crippen LogP contribution in [0.25, 0.3) is 11.4 Å². The molecule has 1 N–H and O–H groups in total. The van der Waals surface area contributed by atoms with Gasteiger partial charge in [-0.25, -0.2) is 9.69 Å². The predicted molar refractivity (Wildman–Crippen MR) is 127 cm³/mol. The average Bonchev–Trinajstić information content (AvgIpc) is 3.38. The lowest BCUT2D eigenvalue weighted by Crippen LogP contribution is -2.59. The summed E-state index contributed by atoms with van der Waals surface area (Å²) < 4.78 is 5.44. The molecule has 9 nitrogen and oxygen atoms in total. The number of aromatic nitrogens is 2. The number of urea groups is 1. The van der Waals surface area contributed by atoms with E-state index in [9.17, 15) is 9.59 Å². The molecule has 34 heavy (non-hydrogen) atoms. The lowest BCUT2D eigenvalue weighted by atomic mass is 9.67. The summed E-state index contributed by atoms with van der Waals surface area (Å²) in [7, 11) is 0. The standard InChI is InChI=1S/C24H31ClN6O3/c1-16-4-3-5-17(2)24(16)22(32)31(23(33)27-24)15-30-12-10-29(11-13-30)14-20-26-21(28-34-20)18-6-8-19(25)9-7-18/h6-9,16-17H,3-5,10-15H2,1-2H3,(H,27,33). The number of imide groups is 1. The van der Waals surface area contributed by atoms with Gasteiger partial charge >= 0.3 is 6.03 Å². The van der Waals surface area contributed by atoms with Crippen molar-refractivity contribution in [3.05, 3.63) is 35.2 Å². The first-order valence-electron chi connectivity index (χ1n) is 12.0. The molecular weight excluding hydrogens is 456 g/mol. The Labute approximate surface area is 204 Å². The Morgan fingerprint density at radius 2 is 1.71 bits per heavy atom. The van der Waals surface area contributed by atoms with Crippen molar-refractivity contribution < 1.29 is 14.1 Å². The summed E-state index contributed by atoms with van der Waals surface area (Å²) in [6.45, 7) is 8.18. The number of carbonyl (C=O) groups is 2. The van der Waals surface area contributed by atoms with Crippen molar-refractivity contribution >= 4 is 23.5 Å². The van der Waals surface area contributed by atoms with E-state index in [4.69, 9.17) is 16.1 Å². The summed E-state index contributed by atoms with van der Waals surface area (Å²) in [5.74, 6) is 1.36. The number of carbonyl (C=O) groups excluding carboxylic acids is 2. The molecule has 3 fully saturated rings. The molecule has 2 aliphatic heterocycles. The van der Waals surface area contributed by atoms with Crippen LogP contribution >= 0.6 is 11.6 Å². The van der Waals surface area contributed by atoms with Gasteiger partial charge in [0.25, 0.3) is 5.91 Å².